The molecule has 0 aliphatic heterocycles. The molecule has 0 rings (SSSR count). The van der Waals surface area contributed by atoms with E-state index >= 15 is 0 Å². The third kappa shape index (κ3) is 20.2. The first-order valence-corrected chi connectivity index (χ1v) is 4.74. The summed E-state index contributed by atoms with van der Waals surface area (Å²) in [6.45, 7) is 0.652. The minimum absolute atomic E-state index is 0. The van der Waals surface area contributed by atoms with Crippen LogP contribution in [0.5, 0.6) is 0 Å². The number of hydrogen-bond donors (Lipinski definition) is 2. The maximum Gasteiger partial charge on any atom is 1.00 e. The van der Waals surface area contributed by atoms with Gasteiger partial charge < -0.3 is 15.7 Å². The van der Waals surface area contributed by atoms with Crippen LogP contribution in [0.15, 0.2) is 0 Å². The molecule has 0 fully saturated rings. The van der Waals surface area contributed by atoms with E-state index in [1.807, 2.05) is 21.1 Å². The van der Waals surface area contributed by atoms with Crippen LogP contribution in [0.4, 0.5) is 0 Å². The van der Waals surface area contributed by atoms with Crippen LogP contribution < -0.4 is 51.4 Å². The molecule has 5 nitrogen and oxygen atoms in total. The zero-order valence-corrected chi connectivity index (χ0v) is 13.3. The molecular formula is C5H17ClKNO4P+. The van der Waals surface area contributed by atoms with E-state index < -0.39 is 7.82 Å². The first-order valence-electron chi connectivity index (χ1n) is 3.21. The molecule has 0 spiro atoms. The molecule has 78 valence electrons. The Hall–Kier alpha value is 2.00. The van der Waals surface area contributed by atoms with Gasteiger partial charge in [0.25, 0.3) is 0 Å². The van der Waals surface area contributed by atoms with E-state index in [9.17, 15) is 4.57 Å². The van der Waals surface area contributed by atoms with Crippen molar-refractivity contribution in [3.63, 3.8) is 0 Å². The Morgan fingerprint density at radius 2 is 1.77 bits per heavy atom. The largest absolute Gasteiger partial charge is 1.00 e. The molecule has 0 aromatic carbocycles. The SMILES string of the molecule is C[N+](C)(C)CCOP(=O)(O)O.Cl.[H-].[K+]. The zero-order chi connectivity index (χ0) is 9.12. The Labute approximate surface area is 129 Å². The molecule has 0 aromatic rings. The van der Waals surface area contributed by atoms with E-state index in [1.165, 1.54) is 0 Å². The Kier molecular flexibility index (Phi) is 12.9. The van der Waals surface area contributed by atoms with E-state index in [-0.39, 0.29) is 71.8 Å². The van der Waals surface area contributed by atoms with E-state index in [2.05, 4.69) is 4.52 Å². The molecule has 0 bridgehead atoms. The van der Waals surface area contributed by atoms with Gasteiger partial charge in [-0.1, -0.05) is 0 Å². The molecule has 2 N–H and O–H groups in total. The number of phosphoric ester groups is 1. The zero-order valence-electron chi connectivity index (χ0n) is 9.43. The summed E-state index contributed by atoms with van der Waals surface area (Å²) < 4.78 is 15.1. The smallest absolute Gasteiger partial charge is 1.00 e. The molecule has 0 unspecified atom stereocenters. The van der Waals surface area contributed by atoms with Gasteiger partial charge in [-0.3, -0.25) is 4.52 Å². The van der Waals surface area contributed by atoms with Gasteiger partial charge in [0.2, 0.25) is 0 Å². The molecule has 0 saturated heterocycles. The predicted molar refractivity (Wildman–Crippen MR) is 49.3 cm³/mol. The van der Waals surface area contributed by atoms with Crippen molar-refractivity contribution in [2.24, 2.45) is 0 Å². The molecule has 0 aliphatic rings. The summed E-state index contributed by atoms with van der Waals surface area (Å²) in [4.78, 5) is 16.6. The minimum atomic E-state index is -4.26. The second-order valence-electron chi connectivity index (χ2n) is 3.34. The normalized spacial score (nSPS) is 11.5. The van der Waals surface area contributed by atoms with Crippen molar-refractivity contribution in [3.05, 3.63) is 0 Å². The monoisotopic (exact) mass is 260 g/mol. The summed E-state index contributed by atoms with van der Waals surface area (Å²) in [5.41, 5.74) is 0. The Morgan fingerprint density at radius 1 is 1.38 bits per heavy atom. The van der Waals surface area contributed by atoms with Crippen LogP contribution >= 0.6 is 20.2 Å². The van der Waals surface area contributed by atoms with E-state index in [1.54, 1.807) is 0 Å². The summed E-state index contributed by atoms with van der Waals surface area (Å²) in [5, 5.41) is 0. The summed E-state index contributed by atoms with van der Waals surface area (Å²) in [6, 6.07) is 0. The van der Waals surface area contributed by atoms with Crippen molar-refractivity contribution in [1.82, 2.24) is 0 Å². The van der Waals surface area contributed by atoms with Crippen molar-refractivity contribution in [3.8, 4) is 0 Å². The molecule has 0 aromatic heterocycles. The van der Waals surface area contributed by atoms with Crippen molar-refractivity contribution < 1.29 is 76.2 Å². The van der Waals surface area contributed by atoms with E-state index in [0.717, 1.165) is 0 Å². The Morgan fingerprint density at radius 3 is 2.00 bits per heavy atom. The Bertz CT molecular complexity index is 174. The fraction of sp³-hybridized carbons (Fsp3) is 1.00. The second-order valence-corrected chi connectivity index (χ2v) is 4.58. The fourth-order valence-electron chi connectivity index (χ4n) is 0.434. The molecule has 0 amide bonds. The van der Waals surface area contributed by atoms with Crippen LogP contribution in [0.25, 0.3) is 0 Å². The minimum Gasteiger partial charge on any atom is -1.00 e. The number of quaternary nitrogens is 1. The predicted octanol–water partition coefficient (Wildman–Crippen LogP) is -2.66. The summed E-state index contributed by atoms with van der Waals surface area (Å²) >= 11 is 0. The van der Waals surface area contributed by atoms with Crippen molar-refractivity contribution in [2.75, 3.05) is 34.3 Å². The number of halogens is 1. The number of rotatable bonds is 4. The van der Waals surface area contributed by atoms with Gasteiger partial charge in [0.15, 0.2) is 0 Å². The summed E-state index contributed by atoms with van der Waals surface area (Å²) in [5.74, 6) is 0. The number of nitrogens with zero attached hydrogens (tertiary/aromatic N) is 1. The molecule has 8 heteroatoms. The standard InChI is InChI=1S/C5H14NO4P.ClH.K.H/c1-6(2,3)4-5-10-11(7,8)9;;;/h4-5H2,1-3H3,(H-,7,8,9);1H;;/q;;+1;-1/p+1. The molecule has 0 atom stereocenters. The van der Waals surface area contributed by atoms with Crippen molar-refractivity contribution >= 4 is 20.2 Å². The van der Waals surface area contributed by atoms with Crippen molar-refractivity contribution in [2.45, 2.75) is 0 Å². The molecule has 0 heterocycles. The third-order valence-corrected chi connectivity index (χ3v) is 1.54. The average molecular weight is 261 g/mol. The number of hydrogen-bond acceptors (Lipinski definition) is 2. The van der Waals surface area contributed by atoms with Gasteiger partial charge in [-0.05, 0) is 0 Å². The van der Waals surface area contributed by atoms with Gasteiger partial charge in [0.05, 0.1) is 21.1 Å². The van der Waals surface area contributed by atoms with Crippen LogP contribution in [-0.2, 0) is 9.09 Å². The maximum atomic E-state index is 10.2. The molecule has 0 aliphatic carbocycles. The third-order valence-electron chi connectivity index (χ3n) is 1.02. The van der Waals surface area contributed by atoms with Crippen LogP contribution in [-0.4, -0.2) is 48.6 Å². The van der Waals surface area contributed by atoms with Gasteiger partial charge >= 0.3 is 59.2 Å². The quantitative estimate of drug-likeness (QED) is 0.329. The maximum absolute atomic E-state index is 10.2. The molecule has 13 heavy (non-hydrogen) atoms. The first-order chi connectivity index (χ1) is 4.71. The molecule has 0 radical (unpaired) electrons. The Balaban J connectivity index is -0.000000167. The van der Waals surface area contributed by atoms with Gasteiger partial charge in [-0.15, -0.1) is 12.4 Å². The van der Waals surface area contributed by atoms with Crippen molar-refractivity contribution in [1.29, 1.82) is 0 Å². The van der Waals surface area contributed by atoms with Crippen LogP contribution in [0.1, 0.15) is 1.43 Å². The van der Waals surface area contributed by atoms with Crippen LogP contribution in [0.2, 0.25) is 0 Å². The van der Waals surface area contributed by atoms with E-state index in [4.69, 9.17) is 9.79 Å². The second kappa shape index (κ2) is 8.18. The van der Waals surface area contributed by atoms with Gasteiger partial charge in [-0.2, -0.15) is 0 Å². The van der Waals surface area contributed by atoms with Gasteiger partial charge in [-0.25, -0.2) is 4.57 Å². The fourth-order valence-corrected chi connectivity index (χ4v) is 0.753. The molecule has 0 saturated carbocycles. The number of phosphoric acid groups is 1. The topological polar surface area (TPSA) is 66.8 Å². The average Bonchev–Trinajstić information content (AvgIpc) is 1.55. The van der Waals surface area contributed by atoms with Crippen LogP contribution in [0.3, 0.4) is 0 Å². The summed E-state index contributed by atoms with van der Waals surface area (Å²) in [7, 11) is 1.50. The van der Waals surface area contributed by atoms with Crippen LogP contribution in [0, 0.1) is 0 Å². The number of likely N-dealkylation sites (N-methyl/N-ethyl adjacent to an activating group) is 1. The first kappa shape index (κ1) is 20.4. The van der Waals surface area contributed by atoms with E-state index in [0.29, 0.717) is 11.0 Å². The molecular weight excluding hydrogens is 244 g/mol. The van der Waals surface area contributed by atoms with Gasteiger partial charge in [0, 0.05) is 0 Å². The summed E-state index contributed by atoms with van der Waals surface area (Å²) in [6.07, 6.45) is 0. The van der Waals surface area contributed by atoms with Gasteiger partial charge in [0.1, 0.15) is 13.2 Å².